The topological polar surface area (TPSA) is 68.3 Å². The summed E-state index contributed by atoms with van der Waals surface area (Å²) in [6.45, 7) is 4.47. The Bertz CT molecular complexity index is 520. The summed E-state index contributed by atoms with van der Waals surface area (Å²) in [6, 6.07) is 0. The van der Waals surface area contributed by atoms with Gasteiger partial charge in [0.15, 0.2) is 16.6 Å². The molecule has 0 aromatic carbocycles. The van der Waals surface area contributed by atoms with Gasteiger partial charge < -0.3 is 10.1 Å². The molecule has 0 bridgehead atoms. The van der Waals surface area contributed by atoms with Gasteiger partial charge in [-0.1, -0.05) is 24.7 Å². The van der Waals surface area contributed by atoms with Crippen LogP contribution in [0.4, 0.5) is 5.13 Å². The molecule has 6 heteroatoms. The molecule has 0 atom stereocenters. The zero-order valence-electron chi connectivity index (χ0n) is 12.1. The summed E-state index contributed by atoms with van der Waals surface area (Å²) in [5, 5.41) is 3.90. The number of nitrogens with one attached hydrogen (secondary N) is 1. The molecule has 1 fully saturated rings. The lowest BCUT2D eigenvalue weighted by molar-refractivity contribution is 0.0591. The largest absolute Gasteiger partial charge is 0.464 e. The summed E-state index contributed by atoms with van der Waals surface area (Å²) in [5.41, 5.74) is 0.509. The molecule has 110 valence electrons. The van der Waals surface area contributed by atoms with E-state index in [-0.39, 0.29) is 11.5 Å². The normalized spacial score (nSPS) is 15.8. The maximum atomic E-state index is 11.6. The van der Waals surface area contributed by atoms with E-state index < -0.39 is 5.97 Å². The highest BCUT2D eigenvalue weighted by molar-refractivity contribution is 7.17. The Hall–Kier alpha value is -1.43. The molecule has 1 saturated carbocycles. The van der Waals surface area contributed by atoms with Crippen LogP contribution in [-0.4, -0.2) is 30.4 Å². The first-order valence-electron chi connectivity index (χ1n) is 6.85. The highest BCUT2D eigenvalue weighted by Crippen LogP contribution is 2.49. The average molecular weight is 296 g/mol. The van der Waals surface area contributed by atoms with Gasteiger partial charge in [-0.3, -0.25) is 4.79 Å². The number of Topliss-reactive ketones (excluding diaryl/α,β-unsaturated/α-hetero) is 1. The van der Waals surface area contributed by atoms with Crippen LogP contribution in [0.1, 0.15) is 59.7 Å². The molecule has 0 saturated heterocycles. The van der Waals surface area contributed by atoms with Crippen LogP contribution in [-0.2, 0) is 4.74 Å². The van der Waals surface area contributed by atoms with E-state index in [4.69, 9.17) is 0 Å². The van der Waals surface area contributed by atoms with Crippen LogP contribution in [0.2, 0.25) is 0 Å². The third kappa shape index (κ3) is 3.17. The predicted octanol–water partition coefficient (Wildman–Crippen LogP) is 3.12. The minimum absolute atomic E-state index is 0.118. The van der Waals surface area contributed by atoms with E-state index in [2.05, 4.69) is 22.0 Å². The summed E-state index contributed by atoms with van der Waals surface area (Å²) < 4.78 is 4.66. The van der Waals surface area contributed by atoms with Crippen molar-refractivity contribution < 1.29 is 14.3 Å². The van der Waals surface area contributed by atoms with Crippen molar-refractivity contribution in [1.82, 2.24) is 4.98 Å². The molecule has 0 amide bonds. The van der Waals surface area contributed by atoms with Crippen molar-refractivity contribution in [2.45, 2.75) is 39.5 Å². The van der Waals surface area contributed by atoms with Gasteiger partial charge in [0.1, 0.15) is 4.88 Å². The number of ether oxygens (including phenoxy) is 1. The number of aromatic nitrogens is 1. The molecule has 1 aliphatic rings. The lowest BCUT2D eigenvalue weighted by Gasteiger charge is -2.13. The average Bonchev–Trinajstić information content (AvgIpc) is 3.04. The van der Waals surface area contributed by atoms with E-state index in [1.165, 1.54) is 51.1 Å². The van der Waals surface area contributed by atoms with Crippen LogP contribution in [0, 0.1) is 5.41 Å². The number of esters is 1. The number of carbonyl (C=O) groups is 2. The number of hydrogen-bond donors (Lipinski definition) is 1. The molecule has 2 rings (SSSR count). The molecule has 5 nitrogen and oxygen atoms in total. The minimum Gasteiger partial charge on any atom is -0.464 e. The molecule has 0 radical (unpaired) electrons. The molecule has 20 heavy (non-hydrogen) atoms. The predicted molar refractivity (Wildman–Crippen MR) is 78.5 cm³/mol. The zero-order chi connectivity index (χ0) is 14.8. The fraction of sp³-hybridized carbons (Fsp3) is 0.643. The molecule has 1 N–H and O–H groups in total. The first-order valence-corrected chi connectivity index (χ1v) is 7.67. The summed E-state index contributed by atoms with van der Waals surface area (Å²) in [4.78, 5) is 27.7. The van der Waals surface area contributed by atoms with Crippen molar-refractivity contribution in [3.05, 3.63) is 10.6 Å². The fourth-order valence-corrected chi connectivity index (χ4v) is 3.20. The van der Waals surface area contributed by atoms with E-state index in [9.17, 15) is 9.59 Å². The van der Waals surface area contributed by atoms with E-state index in [1.54, 1.807) is 0 Å². The quantitative estimate of drug-likeness (QED) is 0.618. The van der Waals surface area contributed by atoms with Gasteiger partial charge in [0, 0.05) is 13.5 Å². The number of ketones is 1. The van der Waals surface area contributed by atoms with Crippen molar-refractivity contribution >= 4 is 28.2 Å². The van der Waals surface area contributed by atoms with Crippen molar-refractivity contribution in [2.75, 3.05) is 19.0 Å². The molecular formula is C14H20N2O3S. The second kappa shape index (κ2) is 5.91. The summed E-state index contributed by atoms with van der Waals surface area (Å²) in [7, 11) is 1.29. The van der Waals surface area contributed by atoms with Crippen molar-refractivity contribution in [2.24, 2.45) is 5.41 Å². The van der Waals surface area contributed by atoms with Gasteiger partial charge in [-0.2, -0.15) is 0 Å². The summed E-state index contributed by atoms with van der Waals surface area (Å²) in [6.07, 6.45) is 4.85. The number of carbonyl (C=O) groups excluding carboxylic acids is 2. The molecule has 0 spiro atoms. The highest BCUT2D eigenvalue weighted by Gasteiger charge is 2.41. The Labute approximate surface area is 122 Å². The van der Waals surface area contributed by atoms with Gasteiger partial charge in [-0.25, -0.2) is 9.78 Å². The third-order valence-electron chi connectivity index (χ3n) is 3.68. The third-order valence-corrected chi connectivity index (χ3v) is 4.79. The van der Waals surface area contributed by atoms with E-state index in [0.717, 1.165) is 6.54 Å². The van der Waals surface area contributed by atoms with Crippen LogP contribution < -0.4 is 5.32 Å². The standard InChI is InChI=1S/C14H20N2O3S/c1-4-5-14(6-7-14)8-15-13-16-10(12(18)19-3)11(20-13)9(2)17/h4-8H2,1-3H3,(H,15,16). The van der Waals surface area contributed by atoms with Crippen LogP contribution in [0.25, 0.3) is 0 Å². The first kappa shape index (κ1) is 15.0. The van der Waals surface area contributed by atoms with Gasteiger partial charge in [-0.05, 0) is 24.7 Å². The van der Waals surface area contributed by atoms with E-state index in [0.29, 0.717) is 15.4 Å². The number of rotatable bonds is 7. The maximum absolute atomic E-state index is 11.6. The second-order valence-corrected chi connectivity index (χ2v) is 6.35. The molecular weight excluding hydrogens is 276 g/mol. The van der Waals surface area contributed by atoms with E-state index in [1.807, 2.05) is 0 Å². The highest BCUT2D eigenvalue weighted by atomic mass is 32.1. The lowest BCUT2D eigenvalue weighted by atomic mass is 10.0. The number of thiazole rings is 1. The summed E-state index contributed by atoms with van der Waals surface area (Å²) in [5.74, 6) is -0.722. The fourth-order valence-electron chi connectivity index (χ4n) is 2.35. The molecule has 0 aliphatic heterocycles. The SMILES string of the molecule is CCCC1(CNc2nc(C(=O)OC)c(C(C)=O)s2)CC1. The molecule has 1 heterocycles. The van der Waals surface area contributed by atoms with Crippen LogP contribution in [0.5, 0.6) is 0 Å². The van der Waals surface area contributed by atoms with Crippen LogP contribution >= 0.6 is 11.3 Å². The second-order valence-electron chi connectivity index (χ2n) is 5.35. The Morgan fingerprint density at radius 1 is 1.45 bits per heavy atom. The van der Waals surface area contributed by atoms with Gasteiger partial charge in [-0.15, -0.1) is 0 Å². The lowest BCUT2D eigenvalue weighted by Crippen LogP contribution is -2.15. The van der Waals surface area contributed by atoms with Gasteiger partial charge in [0.2, 0.25) is 0 Å². The van der Waals surface area contributed by atoms with Crippen LogP contribution in [0.3, 0.4) is 0 Å². The monoisotopic (exact) mass is 296 g/mol. The maximum Gasteiger partial charge on any atom is 0.358 e. The number of nitrogens with zero attached hydrogens (tertiary/aromatic N) is 1. The van der Waals surface area contributed by atoms with Crippen molar-refractivity contribution in [3.63, 3.8) is 0 Å². The first-order chi connectivity index (χ1) is 9.51. The minimum atomic E-state index is -0.561. The van der Waals surface area contributed by atoms with Gasteiger partial charge >= 0.3 is 5.97 Å². The Morgan fingerprint density at radius 3 is 2.65 bits per heavy atom. The molecule has 1 aromatic heterocycles. The Balaban J connectivity index is 2.09. The van der Waals surface area contributed by atoms with E-state index >= 15 is 0 Å². The number of hydrogen-bond acceptors (Lipinski definition) is 6. The van der Waals surface area contributed by atoms with Crippen molar-refractivity contribution in [3.8, 4) is 0 Å². The Morgan fingerprint density at radius 2 is 2.15 bits per heavy atom. The van der Waals surface area contributed by atoms with Gasteiger partial charge in [0.05, 0.1) is 7.11 Å². The number of anilines is 1. The van der Waals surface area contributed by atoms with Gasteiger partial charge in [0.25, 0.3) is 0 Å². The summed E-state index contributed by atoms with van der Waals surface area (Å²) >= 11 is 1.23. The molecule has 1 aromatic rings. The zero-order valence-corrected chi connectivity index (χ0v) is 12.9. The smallest absolute Gasteiger partial charge is 0.358 e. The van der Waals surface area contributed by atoms with Crippen molar-refractivity contribution in [1.29, 1.82) is 0 Å². The number of methoxy groups -OCH3 is 1. The van der Waals surface area contributed by atoms with Crippen LogP contribution in [0.15, 0.2) is 0 Å². The molecule has 1 aliphatic carbocycles. The Kier molecular flexibility index (Phi) is 4.42. The molecule has 0 unspecified atom stereocenters.